The van der Waals surface area contributed by atoms with Crippen molar-refractivity contribution in [3.63, 3.8) is 0 Å². The van der Waals surface area contributed by atoms with Gasteiger partial charge in [0.15, 0.2) is 0 Å². The van der Waals surface area contributed by atoms with Gasteiger partial charge in [-0.3, -0.25) is 0 Å². The zero-order valence-electron chi connectivity index (χ0n) is 14.8. The highest BCUT2D eigenvalue weighted by Crippen LogP contribution is 2.24. The molecular formula is C18H27N5O2. The van der Waals surface area contributed by atoms with Gasteiger partial charge >= 0.3 is 0 Å². The van der Waals surface area contributed by atoms with E-state index in [1.54, 1.807) is 6.20 Å². The smallest absolute Gasteiger partial charge is 0.224 e. The summed E-state index contributed by atoms with van der Waals surface area (Å²) in [6.45, 7) is 4.28. The summed E-state index contributed by atoms with van der Waals surface area (Å²) >= 11 is 0. The summed E-state index contributed by atoms with van der Waals surface area (Å²) in [6, 6.07) is 2.72. The lowest BCUT2D eigenvalue weighted by Gasteiger charge is -2.29. The normalized spacial score (nSPS) is 26.6. The average Bonchev–Trinajstić information content (AvgIpc) is 2.65. The summed E-state index contributed by atoms with van der Waals surface area (Å²) in [6.07, 6.45) is 8.25. The van der Waals surface area contributed by atoms with Gasteiger partial charge < -0.3 is 20.1 Å². The second kappa shape index (κ2) is 8.97. The fourth-order valence-corrected chi connectivity index (χ4v) is 3.48. The minimum Gasteiger partial charge on any atom is -0.379 e. The van der Waals surface area contributed by atoms with Gasteiger partial charge in [0.1, 0.15) is 17.5 Å². The minimum absolute atomic E-state index is 0.199. The molecule has 1 aliphatic heterocycles. The number of anilines is 2. The molecule has 0 aromatic carbocycles. The van der Waals surface area contributed by atoms with Crippen molar-refractivity contribution in [2.45, 2.75) is 63.6 Å². The van der Waals surface area contributed by atoms with Gasteiger partial charge in [0.25, 0.3) is 0 Å². The number of hydrogen-bond acceptors (Lipinski definition) is 7. The molecule has 0 spiro atoms. The van der Waals surface area contributed by atoms with E-state index in [-0.39, 0.29) is 6.04 Å². The summed E-state index contributed by atoms with van der Waals surface area (Å²) in [5.74, 6) is 1.18. The third-order valence-electron chi connectivity index (χ3n) is 4.82. The first-order valence-corrected chi connectivity index (χ1v) is 9.28. The molecule has 1 aliphatic carbocycles. The van der Waals surface area contributed by atoms with Crippen LogP contribution < -0.4 is 10.6 Å². The SMILES string of the molecule is CCO[C@H]1CC[C@H](Nc2ncc(C#N)c(N[C@H]3CCCOC3)n2)CC1. The second-order valence-electron chi connectivity index (χ2n) is 6.70. The third-order valence-corrected chi connectivity index (χ3v) is 4.82. The van der Waals surface area contributed by atoms with Crippen molar-refractivity contribution < 1.29 is 9.47 Å². The monoisotopic (exact) mass is 345 g/mol. The number of nitrogens with one attached hydrogen (secondary N) is 2. The third kappa shape index (κ3) is 5.03. The van der Waals surface area contributed by atoms with Crippen molar-refractivity contribution in [3.05, 3.63) is 11.8 Å². The predicted octanol–water partition coefficient (Wildman–Crippen LogP) is 2.70. The Morgan fingerprint density at radius 1 is 1.24 bits per heavy atom. The molecule has 1 aromatic heterocycles. The number of nitrogens with zero attached hydrogens (tertiary/aromatic N) is 3. The van der Waals surface area contributed by atoms with Gasteiger partial charge in [-0.25, -0.2) is 4.98 Å². The van der Waals surface area contributed by atoms with Crippen molar-refractivity contribution in [2.24, 2.45) is 0 Å². The summed E-state index contributed by atoms with van der Waals surface area (Å²) in [4.78, 5) is 8.85. The van der Waals surface area contributed by atoms with Crippen LogP contribution in [-0.4, -0.2) is 48.0 Å². The highest BCUT2D eigenvalue weighted by atomic mass is 16.5. The van der Waals surface area contributed by atoms with Crippen LogP contribution in [0.3, 0.4) is 0 Å². The summed E-state index contributed by atoms with van der Waals surface area (Å²) in [5.41, 5.74) is 0.469. The quantitative estimate of drug-likeness (QED) is 0.819. The molecular weight excluding hydrogens is 318 g/mol. The maximum atomic E-state index is 9.30. The van der Waals surface area contributed by atoms with Crippen LogP contribution in [0.4, 0.5) is 11.8 Å². The van der Waals surface area contributed by atoms with Crippen LogP contribution in [0.5, 0.6) is 0 Å². The van der Waals surface area contributed by atoms with E-state index in [0.717, 1.165) is 51.7 Å². The lowest BCUT2D eigenvalue weighted by atomic mass is 9.93. The standard InChI is InChI=1S/C18H27N5O2/c1-2-25-16-7-5-14(6-8-16)22-18-20-11-13(10-19)17(23-18)21-15-4-3-9-24-12-15/h11,14-16H,2-9,12H2,1H3,(H2,20,21,22,23)/t14-,15-,16-/m0/s1. The fraction of sp³-hybridized carbons (Fsp3) is 0.722. The maximum Gasteiger partial charge on any atom is 0.224 e. The fourth-order valence-electron chi connectivity index (χ4n) is 3.48. The van der Waals surface area contributed by atoms with E-state index in [1.807, 2.05) is 6.92 Å². The molecule has 0 bridgehead atoms. The molecule has 2 N–H and O–H groups in total. The molecule has 0 amide bonds. The Morgan fingerprint density at radius 2 is 2.08 bits per heavy atom. The largest absolute Gasteiger partial charge is 0.379 e. The Kier molecular flexibility index (Phi) is 6.42. The Bertz CT molecular complexity index is 590. The van der Waals surface area contributed by atoms with E-state index < -0.39 is 0 Å². The lowest BCUT2D eigenvalue weighted by Crippen LogP contribution is -2.32. The molecule has 7 heteroatoms. The molecule has 2 aliphatic rings. The number of nitriles is 1. The van der Waals surface area contributed by atoms with Crippen LogP contribution >= 0.6 is 0 Å². The minimum atomic E-state index is 0.199. The zero-order chi connectivity index (χ0) is 17.5. The molecule has 3 rings (SSSR count). The van der Waals surface area contributed by atoms with Crippen LogP contribution in [0, 0.1) is 11.3 Å². The Balaban J connectivity index is 1.60. The van der Waals surface area contributed by atoms with E-state index in [2.05, 4.69) is 26.7 Å². The molecule has 7 nitrogen and oxygen atoms in total. The Hall–Kier alpha value is -1.91. The first-order chi connectivity index (χ1) is 12.3. The van der Waals surface area contributed by atoms with E-state index in [9.17, 15) is 5.26 Å². The first kappa shape index (κ1) is 17.9. The van der Waals surface area contributed by atoms with Gasteiger partial charge in [0.2, 0.25) is 5.95 Å². The van der Waals surface area contributed by atoms with Gasteiger partial charge in [-0.1, -0.05) is 0 Å². The molecule has 1 saturated heterocycles. The van der Waals surface area contributed by atoms with Crippen molar-refractivity contribution in [3.8, 4) is 6.07 Å². The zero-order valence-corrected chi connectivity index (χ0v) is 14.8. The number of ether oxygens (including phenoxy) is 2. The molecule has 2 fully saturated rings. The van der Waals surface area contributed by atoms with Gasteiger partial charge in [0.05, 0.1) is 24.9 Å². The topological polar surface area (TPSA) is 92.1 Å². The molecule has 0 unspecified atom stereocenters. The molecule has 136 valence electrons. The molecule has 1 aromatic rings. The molecule has 0 radical (unpaired) electrons. The lowest BCUT2D eigenvalue weighted by molar-refractivity contribution is 0.0346. The van der Waals surface area contributed by atoms with Crippen LogP contribution in [0.1, 0.15) is 51.0 Å². The van der Waals surface area contributed by atoms with Crippen molar-refractivity contribution in [1.29, 1.82) is 5.26 Å². The van der Waals surface area contributed by atoms with Crippen LogP contribution in [0.2, 0.25) is 0 Å². The summed E-state index contributed by atoms with van der Waals surface area (Å²) < 4.78 is 11.2. The van der Waals surface area contributed by atoms with Crippen molar-refractivity contribution >= 4 is 11.8 Å². The van der Waals surface area contributed by atoms with Crippen LogP contribution in [0.15, 0.2) is 6.20 Å². The number of rotatable bonds is 6. The highest BCUT2D eigenvalue weighted by Gasteiger charge is 2.22. The Labute approximate surface area is 149 Å². The van der Waals surface area contributed by atoms with Crippen LogP contribution in [-0.2, 0) is 9.47 Å². The highest BCUT2D eigenvalue weighted by molar-refractivity contribution is 5.54. The first-order valence-electron chi connectivity index (χ1n) is 9.28. The van der Waals surface area contributed by atoms with Crippen molar-refractivity contribution in [2.75, 3.05) is 30.5 Å². The van der Waals surface area contributed by atoms with Crippen molar-refractivity contribution in [1.82, 2.24) is 9.97 Å². The maximum absolute atomic E-state index is 9.30. The molecule has 1 saturated carbocycles. The Morgan fingerprint density at radius 3 is 2.76 bits per heavy atom. The molecule has 25 heavy (non-hydrogen) atoms. The van der Waals surface area contributed by atoms with Gasteiger partial charge in [-0.2, -0.15) is 10.2 Å². The van der Waals surface area contributed by atoms with E-state index in [4.69, 9.17) is 9.47 Å². The van der Waals surface area contributed by atoms with Crippen LogP contribution in [0.25, 0.3) is 0 Å². The average molecular weight is 345 g/mol. The number of hydrogen-bond donors (Lipinski definition) is 2. The summed E-state index contributed by atoms with van der Waals surface area (Å²) in [7, 11) is 0. The van der Waals surface area contributed by atoms with Gasteiger partial charge in [0, 0.05) is 19.3 Å². The predicted molar refractivity (Wildman–Crippen MR) is 95.5 cm³/mol. The van der Waals surface area contributed by atoms with E-state index in [0.29, 0.717) is 36.1 Å². The van der Waals surface area contributed by atoms with Gasteiger partial charge in [-0.05, 0) is 45.4 Å². The van der Waals surface area contributed by atoms with E-state index >= 15 is 0 Å². The second-order valence-corrected chi connectivity index (χ2v) is 6.70. The number of aromatic nitrogens is 2. The molecule has 2 heterocycles. The van der Waals surface area contributed by atoms with E-state index in [1.165, 1.54) is 0 Å². The van der Waals surface area contributed by atoms with Gasteiger partial charge in [-0.15, -0.1) is 0 Å². The summed E-state index contributed by atoms with van der Waals surface area (Å²) in [5, 5.41) is 16.1. The molecule has 1 atom stereocenters.